The summed E-state index contributed by atoms with van der Waals surface area (Å²) in [5, 5.41) is 31.6. The number of Topliss-reactive ketones (excluding diaryl/α,β-unsaturated/α-hetero) is 1. The number of carbonyl (C=O) groups excluding carboxylic acids is 4. The van der Waals surface area contributed by atoms with E-state index in [9.17, 15) is 29.5 Å². The van der Waals surface area contributed by atoms with Crippen molar-refractivity contribution >= 4 is 46.4 Å². The van der Waals surface area contributed by atoms with E-state index in [4.69, 9.17) is 21.1 Å². The maximum atomic E-state index is 13.5. The number of halogens is 1. The van der Waals surface area contributed by atoms with E-state index < -0.39 is 23.0 Å². The van der Waals surface area contributed by atoms with Crippen molar-refractivity contribution in [2.45, 2.75) is 124 Å². The first kappa shape index (κ1) is 50.2. The zero-order valence-corrected chi connectivity index (χ0v) is 40.9. The molecule has 4 aromatic rings. The summed E-state index contributed by atoms with van der Waals surface area (Å²) < 4.78 is 12.2. The molecule has 66 heavy (non-hydrogen) atoms. The van der Waals surface area contributed by atoms with Gasteiger partial charge in [0.25, 0.3) is 5.91 Å². The Kier molecular flexibility index (Phi) is 16.1. The third kappa shape index (κ3) is 12.2. The summed E-state index contributed by atoms with van der Waals surface area (Å²) >= 11 is 7.94. The molecular weight excluding hydrogens is 874 g/mol. The normalized spacial score (nSPS) is 20.3. The first-order valence-corrected chi connectivity index (χ1v) is 24.0. The third-order valence-corrected chi connectivity index (χ3v) is 14.5. The molecule has 1 aliphatic carbocycles. The molecule has 0 unspecified atom stereocenters. The average molecular weight is 939 g/mol. The lowest BCUT2D eigenvalue weighted by Crippen LogP contribution is -2.74. The van der Waals surface area contributed by atoms with Gasteiger partial charge in [-0.2, -0.15) is 5.26 Å². The van der Waals surface area contributed by atoms with Gasteiger partial charge in [-0.1, -0.05) is 84.3 Å². The number of β-amino-alcohol motifs (C(OH)–C–C–N with tert-alkyl or cyclic N) is 1. The molecule has 3 atom stereocenters. The summed E-state index contributed by atoms with van der Waals surface area (Å²) in [6.07, 6.45) is 0.298. The van der Waals surface area contributed by atoms with Crippen molar-refractivity contribution in [2.75, 3.05) is 19.7 Å². The number of nitrogens with zero attached hydrogens (tertiary/aromatic N) is 2. The molecule has 1 aromatic heterocycles. The Morgan fingerprint density at radius 1 is 0.955 bits per heavy atom. The number of aliphatic hydroxyl groups is 1. The number of thiophene rings is 1. The van der Waals surface area contributed by atoms with Crippen LogP contribution in [0.5, 0.6) is 11.5 Å². The van der Waals surface area contributed by atoms with Crippen LogP contribution in [0.4, 0.5) is 0 Å². The minimum absolute atomic E-state index is 0.0427. The number of ketones is 1. The highest BCUT2D eigenvalue weighted by Crippen LogP contribution is 2.55. The molecule has 1 saturated heterocycles. The molecule has 0 bridgehead atoms. The summed E-state index contributed by atoms with van der Waals surface area (Å²) in [6, 6.07) is 23.2. The monoisotopic (exact) mass is 937 g/mol. The molecule has 3 aromatic carbocycles. The average Bonchev–Trinajstić information content (AvgIpc) is 3.88. The maximum Gasteiger partial charge on any atom is 0.251 e. The predicted octanol–water partition coefficient (Wildman–Crippen LogP) is 8.65. The van der Waals surface area contributed by atoms with Gasteiger partial charge >= 0.3 is 0 Å². The quantitative estimate of drug-likeness (QED) is 0.0673. The minimum atomic E-state index is -0.657. The molecule has 12 nitrogen and oxygen atoms in total. The van der Waals surface area contributed by atoms with Crippen molar-refractivity contribution in [2.24, 2.45) is 16.2 Å². The van der Waals surface area contributed by atoms with Gasteiger partial charge in [0.2, 0.25) is 11.8 Å². The smallest absolute Gasteiger partial charge is 0.251 e. The Morgan fingerprint density at radius 2 is 1.64 bits per heavy atom. The van der Waals surface area contributed by atoms with Gasteiger partial charge in [-0.25, -0.2) is 0 Å². The van der Waals surface area contributed by atoms with E-state index >= 15 is 0 Å². The zero-order chi connectivity index (χ0) is 48.0. The number of aliphatic hydroxyl groups excluding tert-OH is 1. The lowest BCUT2D eigenvalue weighted by atomic mass is 9.49. The second kappa shape index (κ2) is 21.1. The molecule has 1 aliphatic heterocycles. The predicted molar refractivity (Wildman–Crippen MR) is 259 cm³/mol. The van der Waals surface area contributed by atoms with Crippen molar-refractivity contribution in [3.05, 3.63) is 105 Å². The largest absolute Gasteiger partial charge is 0.494 e. The number of likely N-dealkylation sites (tertiary alicyclic amines) is 1. The number of nitriles is 1. The standard InChI is InChI=1S/C52H64ClN5O7S/c1-32-23-25-66-45(32)34-13-11-33(12-14-34)29-55-47(63)42-26-38(60)30-58(42)31-43(50(2,3)4)56-44(61)22-18-37(59)10-9-24-64-39-19-15-35(16-20-39)46(62)57-48-51(5,6)49(52(48,7)8)65-40-21-17-36(28-54)41(53)27-40/h11-17,19-21,23,25,27,38,42-43,48-49,60H,9-10,18,22,24,26,29-31H2,1-8H3,(H,55,63)(H,56,61)(H,57,62)/t38-,42+,43-,48?,49?/m1/s1. The number of aryl methyl sites for hydroxylation is 1. The first-order chi connectivity index (χ1) is 31.2. The maximum absolute atomic E-state index is 13.5. The van der Waals surface area contributed by atoms with Gasteiger partial charge in [0.05, 0.1) is 29.3 Å². The van der Waals surface area contributed by atoms with Crippen LogP contribution in [-0.4, -0.2) is 83.5 Å². The molecule has 14 heteroatoms. The van der Waals surface area contributed by atoms with Crippen molar-refractivity contribution < 1.29 is 33.8 Å². The summed E-state index contributed by atoms with van der Waals surface area (Å²) in [6.45, 7) is 17.7. The highest BCUT2D eigenvalue weighted by molar-refractivity contribution is 7.13. The van der Waals surface area contributed by atoms with Crippen LogP contribution in [0.15, 0.2) is 78.2 Å². The van der Waals surface area contributed by atoms with E-state index in [0.717, 1.165) is 11.1 Å². The van der Waals surface area contributed by atoms with Crippen LogP contribution in [0.2, 0.25) is 5.02 Å². The van der Waals surface area contributed by atoms with Gasteiger partial charge in [0, 0.05) is 78.3 Å². The molecule has 0 spiro atoms. The Bertz CT molecular complexity index is 2390. The van der Waals surface area contributed by atoms with E-state index in [1.165, 1.54) is 10.4 Å². The fourth-order valence-electron chi connectivity index (χ4n) is 9.49. The van der Waals surface area contributed by atoms with Gasteiger partial charge in [0.1, 0.15) is 29.5 Å². The number of rotatable bonds is 19. The topological polar surface area (TPSA) is 170 Å². The minimum Gasteiger partial charge on any atom is -0.494 e. The van der Waals surface area contributed by atoms with E-state index in [0.29, 0.717) is 66.7 Å². The fourth-order valence-corrected chi connectivity index (χ4v) is 10.6. The Labute approximate surface area is 398 Å². The van der Waals surface area contributed by atoms with E-state index in [2.05, 4.69) is 80.2 Å². The van der Waals surface area contributed by atoms with Crippen LogP contribution < -0.4 is 25.4 Å². The summed E-state index contributed by atoms with van der Waals surface area (Å²) in [7, 11) is 0. The number of ether oxygens (including phenoxy) is 2. The van der Waals surface area contributed by atoms with Crippen molar-refractivity contribution in [3.8, 4) is 28.0 Å². The van der Waals surface area contributed by atoms with Crippen molar-refractivity contribution in [1.82, 2.24) is 20.9 Å². The van der Waals surface area contributed by atoms with Gasteiger partial charge in [0.15, 0.2) is 0 Å². The van der Waals surface area contributed by atoms with Crippen LogP contribution in [-0.2, 0) is 20.9 Å². The molecular formula is C52H64ClN5O7S. The second-order valence-electron chi connectivity index (χ2n) is 20.0. The first-order valence-electron chi connectivity index (χ1n) is 22.7. The number of hydrogen-bond donors (Lipinski definition) is 4. The van der Waals surface area contributed by atoms with Gasteiger partial charge in [-0.05, 0) is 89.7 Å². The Morgan fingerprint density at radius 3 is 2.26 bits per heavy atom. The molecule has 1 saturated carbocycles. The van der Waals surface area contributed by atoms with Crippen LogP contribution in [0.1, 0.15) is 108 Å². The van der Waals surface area contributed by atoms with Gasteiger partial charge in [-0.15, -0.1) is 11.3 Å². The molecule has 6 rings (SSSR count). The molecule has 4 N–H and O–H groups in total. The number of benzene rings is 3. The van der Waals surface area contributed by atoms with Gasteiger partial charge < -0.3 is 30.5 Å². The summed E-state index contributed by atoms with van der Waals surface area (Å²) in [4.78, 5) is 56.0. The number of hydrogen-bond acceptors (Lipinski definition) is 10. The summed E-state index contributed by atoms with van der Waals surface area (Å²) in [5.41, 5.74) is 3.07. The highest BCUT2D eigenvalue weighted by Gasteiger charge is 2.64. The van der Waals surface area contributed by atoms with Crippen molar-refractivity contribution in [3.63, 3.8) is 0 Å². The fraction of sp³-hybridized carbons (Fsp3) is 0.481. The second-order valence-corrected chi connectivity index (χ2v) is 21.3. The van der Waals surface area contributed by atoms with Crippen molar-refractivity contribution in [1.29, 1.82) is 5.26 Å². The molecule has 2 fully saturated rings. The molecule has 2 heterocycles. The highest BCUT2D eigenvalue weighted by atomic mass is 35.5. The zero-order valence-electron chi connectivity index (χ0n) is 39.3. The lowest BCUT2D eigenvalue weighted by Gasteiger charge is -2.63. The molecule has 0 radical (unpaired) electrons. The Balaban J connectivity index is 0.897. The SMILES string of the molecule is Cc1ccsc1-c1ccc(CNC(=O)[C@@H]2C[C@@H](O)CN2C[C@@H](NC(=O)CCC(=O)CCCOc2ccc(C(=O)NC3C(C)(C)C(Oc4ccc(C#N)c(Cl)c4)C3(C)C)cc2)C(C)(C)C)cc1. The van der Waals surface area contributed by atoms with E-state index in [-0.39, 0.29) is 66.4 Å². The Hall–Kier alpha value is -5.26. The van der Waals surface area contributed by atoms with E-state index in [1.54, 1.807) is 53.8 Å². The molecule has 2 aliphatic rings. The van der Waals surface area contributed by atoms with Crippen LogP contribution >= 0.6 is 22.9 Å². The van der Waals surface area contributed by atoms with Crippen LogP contribution in [0.3, 0.4) is 0 Å². The molecule has 352 valence electrons. The number of amides is 3. The van der Waals surface area contributed by atoms with E-state index in [1.807, 2.05) is 37.8 Å². The van der Waals surface area contributed by atoms with Crippen LogP contribution in [0.25, 0.3) is 10.4 Å². The summed E-state index contributed by atoms with van der Waals surface area (Å²) in [5.74, 6) is 0.486. The number of nitrogens with one attached hydrogen (secondary N) is 3. The lowest BCUT2D eigenvalue weighted by molar-refractivity contribution is -0.164. The number of carbonyl (C=O) groups is 4. The van der Waals surface area contributed by atoms with Crippen LogP contribution in [0, 0.1) is 34.5 Å². The molecule has 3 amide bonds. The third-order valence-electron chi connectivity index (χ3n) is 13.1. The van der Waals surface area contributed by atoms with Gasteiger partial charge in [-0.3, -0.25) is 24.1 Å².